The van der Waals surface area contributed by atoms with Gasteiger partial charge in [-0.1, -0.05) is 42.5 Å². The van der Waals surface area contributed by atoms with E-state index in [-0.39, 0.29) is 5.78 Å². The zero-order valence-corrected chi connectivity index (χ0v) is 13.2. The lowest BCUT2D eigenvalue weighted by molar-refractivity contribution is 0.101. The van der Waals surface area contributed by atoms with Gasteiger partial charge in [0.25, 0.3) is 0 Å². The number of aromatic nitrogens is 1. The largest absolute Gasteiger partial charge is 0.472 e. The van der Waals surface area contributed by atoms with E-state index in [0.717, 1.165) is 33.3 Å². The molecule has 3 nitrogen and oxygen atoms in total. The van der Waals surface area contributed by atoms with Crippen molar-refractivity contribution in [1.29, 1.82) is 0 Å². The van der Waals surface area contributed by atoms with Gasteiger partial charge in [0, 0.05) is 22.1 Å². The maximum atomic E-state index is 12.0. The van der Waals surface area contributed by atoms with Gasteiger partial charge in [-0.25, -0.2) is 4.98 Å². The van der Waals surface area contributed by atoms with Crippen LogP contribution in [-0.2, 0) is 0 Å². The average molecular weight is 313 g/mol. The number of pyridine rings is 1. The van der Waals surface area contributed by atoms with Crippen molar-refractivity contribution >= 4 is 16.7 Å². The van der Waals surface area contributed by atoms with Gasteiger partial charge in [-0.2, -0.15) is 0 Å². The molecule has 0 bridgehead atoms. The number of hydrogen-bond donors (Lipinski definition) is 0. The number of rotatable bonds is 3. The Kier molecular flexibility index (Phi) is 3.47. The van der Waals surface area contributed by atoms with E-state index < -0.39 is 0 Å². The van der Waals surface area contributed by atoms with Crippen molar-refractivity contribution in [2.45, 2.75) is 6.92 Å². The molecule has 24 heavy (non-hydrogen) atoms. The summed E-state index contributed by atoms with van der Waals surface area (Å²) < 4.78 is 5.12. The number of Topliss-reactive ketones (excluding diaryl/α,β-unsaturated/α-hetero) is 1. The van der Waals surface area contributed by atoms with Crippen LogP contribution in [0.2, 0.25) is 0 Å². The molecular formula is C21H15NO2. The fourth-order valence-electron chi connectivity index (χ4n) is 2.88. The number of para-hydroxylation sites is 1. The molecule has 116 valence electrons. The van der Waals surface area contributed by atoms with E-state index in [1.807, 2.05) is 60.7 Å². The van der Waals surface area contributed by atoms with Crippen LogP contribution in [-0.4, -0.2) is 10.8 Å². The Labute approximate surface area is 139 Å². The third kappa shape index (κ3) is 2.50. The fraction of sp³-hybridized carbons (Fsp3) is 0.0476. The zero-order chi connectivity index (χ0) is 16.5. The summed E-state index contributed by atoms with van der Waals surface area (Å²) in [7, 11) is 0. The minimum absolute atomic E-state index is 0.0462. The number of ketones is 1. The van der Waals surface area contributed by atoms with Crippen LogP contribution >= 0.6 is 0 Å². The lowest BCUT2D eigenvalue weighted by Crippen LogP contribution is -1.97. The molecular weight excluding hydrogens is 298 g/mol. The van der Waals surface area contributed by atoms with Crippen LogP contribution in [0.4, 0.5) is 0 Å². The van der Waals surface area contributed by atoms with E-state index in [1.165, 1.54) is 0 Å². The van der Waals surface area contributed by atoms with Crippen LogP contribution in [0.15, 0.2) is 77.6 Å². The Bertz CT molecular complexity index is 1020. The van der Waals surface area contributed by atoms with Gasteiger partial charge in [-0.3, -0.25) is 4.79 Å². The standard InChI is InChI=1S/C21H15NO2/c1-14(23)19-12-21(22-20-5-3-2-4-18(19)20)16-8-6-15(7-9-16)17-10-11-24-13-17/h2-13H,1H3. The summed E-state index contributed by atoms with van der Waals surface area (Å²) in [6, 6.07) is 19.6. The number of nitrogens with zero attached hydrogens (tertiary/aromatic N) is 1. The van der Waals surface area contributed by atoms with Crippen molar-refractivity contribution in [1.82, 2.24) is 4.98 Å². The van der Waals surface area contributed by atoms with E-state index >= 15 is 0 Å². The van der Waals surface area contributed by atoms with Gasteiger partial charge in [-0.15, -0.1) is 0 Å². The van der Waals surface area contributed by atoms with Gasteiger partial charge in [-0.05, 0) is 30.7 Å². The zero-order valence-electron chi connectivity index (χ0n) is 13.2. The second kappa shape index (κ2) is 5.78. The molecule has 0 aliphatic rings. The van der Waals surface area contributed by atoms with Crippen LogP contribution in [0.1, 0.15) is 17.3 Å². The summed E-state index contributed by atoms with van der Waals surface area (Å²) in [4.78, 5) is 16.7. The molecule has 4 aromatic rings. The quantitative estimate of drug-likeness (QED) is 0.478. The Hall–Kier alpha value is -3.20. The normalized spacial score (nSPS) is 10.9. The van der Waals surface area contributed by atoms with Gasteiger partial charge in [0.2, 0.25) is 0 Å². The molecule has 0 atom stereocenters. The number of fused-ring (bicyclic) bond motifs is 1. The third-order valence-electron chi connectivity index (χ3n) is 4.13. The first-order valence-electron chi connectivity index (χ1n) is 7.76. The summed E-state index contributed by atoms with van der Waals surface area (Å²) in [6.07, 6.45) is 3.38. The Morgan fingerprint density at radius 1 is 0.917 bits per heavy atom. The number of hydrogen-bond acceptors (Lipinski definition) is 3. The monoisotopic (exact) mass is 313 g/mol. The molecule has 2 aromatic carbocycles. The predicted octanol–water partition coefficient (Wildman–Crippen LogP) is 5.36. The number of benzene rings is 2. The fourth-order valence-corrected chi connectivity index (χ4v) is 2.88. The lowest BCUT2D eigenvalue weighted by Gasteiger charge is -2.08. The second-order valence-electron chi connectivity index (χ2n) is 5.72. The van der Waals surface area contributed by atoms with Crippen LogP contribution in [0.3, 0.4) is 0 Å². The molecule has 2 aromatic heterocycles. The van der Waals surface area contributed by atoms with Crippen LogP contribution in [0.25, 0.3) is 33.3 Å². The van der Waals surface area contributed by atoms with Crippen LogP contribution < -0.4 is 0 Å². The van der Waals surface area contributed by atoms with E-state index in [2.05, 4.69) is 0 Å². The van der Waals surface area contributed by atoms with Crippen molar-refractivity contribution in [3.8, 4) is 22.4 Å². The topological polar surface area (TPSA) is 43.1 Å². The van der Waals surface area contributed by atoms with Gasteiger partial charge in [0.1, 0.15) is 0 Å². The van der Waals surface area contributed by atoms with Gasteiger partial charge >= 0.3 is 0 Å². The lowest BCUT2D eigenvalue weighted by atomic mass is 10.0. The molecule has 0 saturated carbocycles. The highest BCUT2D eigenvalue weighted by Gasteiger charge is 2.10. The van der Waals surface area contributed by atoms with E-state index in [0.29, 0.717) is 5.56 Å². The van der Waals surface area contributed by atoms with Crippen molar-refractivity contribution in [3.05, 3.63) is 78.8 Å². The first kappa shape index (κ1) is 14.4. The molecule has 0 N–H and O–H groups in total. The van der Waals surface area contributed by atoms with E-state index in [9.17, 15) is 4.79 Å². The molecule has 0 unspecified atom stereocenters. The average Bonchev–Trinajstić information content (AvgIpc) is 3.15. The van der Waals surface area contributed by atoms with Gasteiger partial charge in [0.05, 0.1) is 23.7 Å². The summed E-state index contributed by atoms with van der Waals surface area (Å²) in [6.45, 7) is 1.59. The highest BCUT2D eigenvalue weighted by Crippen LogP contribution is 2.27. The van der Waals surface area contributed by atoms with E-state index in [4.69, 9.17) is 9.40 Å². The molecule has 3 heteroatoms. The minimum atomic E-state index is 0.0462. The van der Waals surface area contributed by atoms with Gasteiger partial charge in [0.15, 0.2) is 5.78 Å². The van der Waals surface area contributed by atoms with Crippen molar-refractivity contribution in [3.63, 3.8) is 0 Å². The second-order valence-corrected chi connectivity index (χ2v) is 5.72. The molecule has 0 radical (unpaired) electrons. The molecule has 0 amide bonds. The Balaban J connectivity index is 1.83. The van der Waals surface area contributed by atoms with Crippen molar-refractivity contribution in [2.75, 3.05) is 0 Å². The summed E-state index contributed by atoms with van der Waals surface area (Å²) in [5.41, 5.74) is 5.44. The Morgan fingerprint density at radius 3 is 2.38 bits per heavy atom. The maximum Gasteiger partial charge on any atom is 0.160 e. The smallest absolute Gasteiger partial charge is 0.160 e. The highest BCUT2D eigenvalue weighted by atomic mass is 16.3. The third-order valence-corrected chi connectivity index (χ3v) is 4.13. The number of carbonyl (C=O) groups is 1. The molecule has 0 spiro atoms. The summed E-state index contributed by atoms with van der Waals surface area (Å²) in [5.74, 6) is 0.0462. The Morgan fingerprint density at radius 2 is 1.67 bits per heavy atom. The van der Waals surface area contributed by atoms with Crippen LogP contribution in [0, 0.1) is 0 Å². The first-order chi connectivity index (χ1) is 11.7. The SMILES string of the molecule is CC(=O)c1cc(-c2ccc(-c3ccoc3)cc2)nc2ccccc12. The van der Waals surface area contributed by atoms with Crippen molar-refractivity contribution in [2.24, 2.45) is 0 Å². The predicted molar refractivity (Wildman–Crippen MR) is 94.9 cm³/mol. The molecule has 0 aliphatic carbocycles. The van der Waals surface area contributed by atoms with Crippen molar-refractivity contribution < 1.29 is 9.21 Å². The molecule has 4 rings (SSSR count). The number of furan rings is 1. The van der Waals surface area contributed by atoms with Gasteiger partial charge < -0.3 is 4.42 Å². The van der Waals surface area contributed by atoms with Crippen LogP contribution in [0.5, 0.6) is 0 Å². The number of carbonyl (C=O) groups excluding carboxylic acids is 1. The summed E-state index contributed by atoms with van der Waals surface area (Å²) in [5, 5.41) is 0.892. The minimum Gasteiger partial charge on any atom is -0.472 e. The maximum absolute atomic E-state index is 12.0. The first-order valence-corrected chi connectivity index (χ1v) is 7.76. The summed E-state index contributed by atoms with van der Waals surface area (Å²) >= 11 is 0. The molecule has 2 heterocycles. The molecule has 0 aliphatic heterocycles. The molecule has 0 saturated heterocycles. The van der Waals surface area contributed by atoms with E-state index in [1.54, 1.807) is 19.5 Å². The molecule has 0 fully saturated rings. The highest BCUT2D eigenvalue weighted by molar-refractivity contribution is 6.07.